The molecule has 24 heavy (non-hydrogen) atoms. The molecule has 0 saturated heterocycles. The fourth-order valence-corrected chi connectivity index (χ4v) is 4.65. The number of hydrogen-bond donors (Lipinski definition) is 2. The van der Waals surface area contributed by atoms with Crippen molar-refractivity contribution >= 4 is 48.3 Å². The average molecular weight is 357 g/mol. The van der Waals surface area contributed by atoms with E-state index in [1.165, 1.54) is 23.5 Å². The standard InChI is InChI=1S/C16H11N3O3S2/c20-15(18-16-17-11-6-2-3-7-13(11)23-16)9-12-10-5-1-4-8-14(10)24(21,22)19-12/h1-9,19H,(H,17,18,20). The van der Waals surface area contributed by atoms with Crippen LogP contribution in [0.15, 0.2) is 59.5 Å². The van der Waals surface area contributed by atoms with Crippen LogP contribution in [-0.2, 0) is 14.8 Å². The third-order valence-corrected chi connectivity index (χ3v) is 5.89. The number of thiazole rings is 1. The third kappa shape index (κ3) is 2.55. The molecule has 1 aromatic heterocycles. The first-order chi connectivity index (χ1) is 11.5. The van der Waals surface area contributed by atoms with Crippen LogP contribution >= 0.6 is 11.3 Å². The number of carbonyl (C=O) groups is 1. The largest absolute Gasteiger partial charge is 0.298 e. The Morgan fingerprint density at radius 1 is 1.12 bits per heavy atom. The average Bonchev–Trinajstić information content (AvgIpc) is 3.06. The van der Waals surface area contributed by atoms with Gasteiger partial charge in [-0.1, -0.05) is 41.7 Å². The molecular formula is C16H11N3O3S2. The predicted octanol–water partition coefficient (Wildman–Crippen LogP) is 2.57. The van der Waals surface area contributed by atoms with Crippen LogP contribution in [0.25, 0.3) is 15.9 Å². The number of hydrogen-bond acceptors (Lipinski definition) is 5. The molecule has 0 saturated carbocycles. The number of amides is 1. The highest BCUT2D eigenvalue weighted by molar-refractivity contribution is 7.90. The highest BCUT2D eigenvalue weighted by atomic mass is 32.2. The molecule has 1 amide bonds. The number of para-hydroxylation sites is 1. The zero-order chi connectivity index (χ0) is 16.7. The molecule has 0 spiro atoms. The molecule has 2 N–H and O–H groups in total. The van der Waals surface area contributed by atoms with Crippen molar-refractivity contribution in [3.8, 4) is 0 Å². The minimum Gasteiger partial charge on any atom is -0.298 e. The summed E-state index contributed by atoms with van der Waals surface area (Å²) >= 11 is 1.36. The fourth-order valence-electron chi connectivity index (χ4n) is 2.48. The van der Waals surface area contributed by atoms with E-state index in [1.54, 1.807) is 18.2 Å². The van der Waals surface area contributed by atoms with E-state index in [0.29, 0.717) is 10.7 Å². The van der Waals surface area contributed by atoms with Gasteiger partial charge in [0.2, 0.25) is 0 Å². The van der Waals surface area contributed by atoms with E-state index >= 15 is 0 Å². The fraction of sp³-hybridized carbons (Fsp3) is 0. The van der Waals surface area contributed by atoms with Crippen LogP contribution in [0.4, 0.5) is 5.13 Å². The number of nitrogens with zero attached hydrogens (tertiary/aromatic N) is 1. The molecule has 0 aliphatic carbocycles. The summed E-state index contributed by atoms with van der Waals surface area (Å²) in [6, 6.07) is 14.1. The zero-order valence-corrected chi connectivity index (χ0v) is 13.8. The molecular weight excluding hydrogens is 346 g/mol. The van der Waals surface area contributed by atoms with Crippen LogP contribution in [0.2, 0.25) is 0 Å². The van der Waals surface area contributed by atoms with Gasteiger partial charge in [-0.15, -0.1) is 0 Å². The maximum Gasteiger partial charge on any atom is 0.262 e. The van der Waals surface area contributed by atoms with Gasteiger partial charge in [-0.2, -0.15) is 0 Å². The molecule has 2 aromatic carbocycles. The molecule has 0 unspecified atom stereocenters. The minimum atomic E-state index is -3.61. The Morgan fingerprint density at radius 3 is 2.71 bits per heavy atom. The predicted molar refractivity (Wildman–Crippen MR) is 93.0 cm³/mol. The Balaban J connectivity index is 1.63. The van der Waals surface area contributed by atoms with Gasteiger partial charge in [0, 0.05) is 11.6 Å². The van der Waals surface area contributed by atoms with E-state index in [0.717, 1.165) is 10.2 Å². The summed E-state index contributed by atoms with van der Waals surface area (Å²) in [6.45, 7) is 0. The van der Waals surface area contributed by atoms with Crippen molar-refractivity contribution in [1.29, 1.82) is 0 Å². The number of rotatable bonds is 2. The maximum absolute atomic E-state index is 12.2. The molecule has 0 fully saturated rings. The Bertz CT molecular complexity index is 1070. The quantitative estimate of drug-likeness (QED) is 0.690. The molecule has 3 aromatic rings. The Morgan fingerprint density at radius 2 is 1.88 bits per heavy atom. The van der Waals surface area contributed by atoms with Crippen molar-refractivity contribution in [2.45, 2.75) is 4.90 Å². The van der Waals surface area contributed by atoms with Crippen molar-refractivity contribution in [1.82, 2.24) is 9.71 Å². The number of benzene rings is 2. The molecule has 2 heterocycles. The van der Waals surface area contributed by atoms with Crippen LogP contribution in [0.3, 0.4) is 0 Å². The van der Waals surface area contributed by atoms with Gasteiger partial charge in [-0.05, 0) is 18.2 Å². The van der Waals surface area contributed by atoms with Gasteiger partial charge < -0.3 is 0 Å². The van der Waals surface area contributed by atoms with E-state index in [2.05, 4.69) is 15.0 Å². The summed E-state index contributed by atoms with van der Waals surface area (Å²) in [5.41, 5.74) is 1.54. The zero-order valence-electron chi connectivity index (χ0n) is 12.2. The summed E-state index contributed by atoms with van der Waals surface area (Å²) in [5.74, 6) is -0.441. The topological polar surface area (TPSA) is 88.2 Å². The van der Waals surface area contributed by atoms with E-state index in [4.69, 9.17) is 0 Å². The van der Waals surface area contributed by atoms with Gasteiger partial charge in [0.15, 0.2) is 5.13 Å². The highest BCUT2D eigenvalue weighted by Crippen LogP contribution is 2.30. The lowest BCUT2D eigenvalue weighted by Gasteiger charge is -2.00. The summed E-state index contributed by atoms with van der Waals surface area (Å²) < 4.78 is 27.4. The van der Waals surface area contributed by atoms with Gasteiger partial charge in [0.1, 0.15) is 0 Å². The molecule has 0 bridgehead atoms. The summed E-state index contributed by atoms with van der Waals surface area (Å²) in [5, 5.41) is 3.14. The molecule has 4 rings (SSSR count). The lowest BCUT2D eigenvalue weighted by atomic mass is 10.1. The molecule has 0 radical (unpaired) electrons. The molecule has 120 valence electrons. The monoisotopic (exact) mass is 357 g/mol. The Hall–Kier alpha value is -2.71. The number of sulfonamides is 1. The minimum absolute atomic E-state index is 0.170. The number of nitrogens with one attached hydrogen (secondary N) is 2. The number of anilines is 1. The van der Waals surface area contributed by atoms with Crippen LogP contribution < -0.4 is 10.0 Å². The van der Waals surface area contributed by atoms with Gasteiger partial charge in [0.05, 0.1) is 20.8 Å². The molecule has 0 atom stereocenters. The molecule has 1 aliphatic heterocycles. The van der Waals surface area contributed by atoms with Gasteiger partial charge in [0.25, 0.3) is 15.9 Å². The second-order valence-electron chi connectivity index (χ2n) is 5.14. The summed E-state index contributed by atoms with van der Waals surface area (Å²) in [7, 11) is -3.61. The van der Waals surface area contributed by atoms with Crippen LogP contribution in [0.5, 0.6) is 0 Å². The van der Waals surface area contributed by atoms with E-state index < -0.39 is 15.9 Å². The first-order valence-electron chi connectivity index (χ1n) is 7.03. The highest BCUT2D eigenvalue weighted by Gasteiger charge is 2.29. The lowest BCUT2D eigenvalue weighted by Crippen LogP contribution is -2.16. The molecule has 1 aliphatic rings. The van der Waals surface area contributed by atoms with Gasteiger partial charge in [-0.3, -0.25) is 14.8 Å². The SMILES string of the molecule is O=C(C=C1NS(=O)(=O)c2ccccc21)Nc1nc2ccccc2s1. The smallest absolute Gasteiger partial charge is 0.262 e. The summed E-state index contributed by atoms with van der Waals surface area (Å²) in [4.78, 5) is 16.7. The summed E-state index contributed by atoms with van der Waals surface area (Å²) in [6.07, 6.45) is 1.23. The van der Waals surface area contributed by atoms with Gasteiger partial charge >= 0.3 is 0 Å². The van der Waals surface area contributed by atoms with Gasteiger partial charge in [-0.25, -0.2) is 13.4 Å². The first kappa shape index (κ1) is 14.9. The number of fused-ring (bicyclic) bond motifs is 2. The Labute approximate surface area is 141 Å². The van der Waals surface area contributed by atoms with Crippen LogP contribution in [0, 0.1) is 0 Å². The lowest BCUT2D eigenvalue weighted by molar-refractivity contribution is -0.111. The van der Waals surface area contributed by atoms with Crippen molar-refractivity contribution in [2.75, 3.05) is 5.32 Å². The Kier molecular flexibility index (Phi) is 3.36. The van der Waals surface area contributed by atoms with E-state index in [-0.39, 0.29) is 10.6 Å². The second-order valence-corrected chi connectivity index (χ2v) is 7.82. The normalized spacial score (nSPS) is 16.8. The van der Waals surface area contributed by atoms with E-state index in [9.17, 15) is 13.2 Å². The van der Waals surface area contributed by atoms with Crippen molar-refractivity contribution in [2.24, 2.45) is 0 Å². The number of carbonyl (C=O) groups excluding carboxylic acids is 1. The molecule has 6 nitrogen and oxygen atoms in total. The van der Waals surface area contributed by atoms with Crippen molar-refractivity contribution < 1.29 is 13.2 Å². The molecule has 8 heteroatoms. The second kappa shape index (κ2) is 5.43. The van der Waals surface area contributed by atoms with E-state index in [1.807, 2.05) is 24.3 Å². The first-order valence-corrected chi connectivity index (χ1v) is 9.33. The van der Waals surface area contributed by atoms with Crippen molar-refractivity contribution in [3.63, 3.8) is 0 Å². The van der Waals surface area contributed by atoms with Crippen LogP contribution in [0.1, 0.15) is 5.56 Å². The maximum atomic E-state index is 12.2. The third-order valence-electron chi connectivity index (χ3n) is 3.51. The van der Waals surface area contributed by atoms with Crippen LogP contribution in [-0.4, -0.2) is 19.3 Å². The number of aromatic nitrogens is 1. The van der Waals surface area contributed by atoms with Crippen molar-refractivity contribution in [3.05, 3.63) is 60.2 Å².